The minimum Gasteiger partial charge on any atom is -0.331 e. The van der Waals surface area contributed by atoms with Gasteiger partial charge in [0.1, 0.15) is 5.69 Å². The highest BCUT2D eigenvalue weighted by molar-refractivity contribution is 14.1. The molecule has 0 saturated carbocycles. The molecular weight excluding hydrogens is 295 g/mol. The molecule has 0 amide bonds. The molecule has 0 unspecified atom stereocenters. The van der Waals surface area contributed by atoms with Gasteiger partial charge in [0.15, 0.2) is 0 Å². The van der Waals surface area contributed by atoms with E-state index in [1.165, 1.54) is 0 Å². The van der Waals surface area contributed by atoms with Gasteiger partial charge < -0.3 is 4.52 Å². The first-order valence-corrected chi connectivity index (χ1v) is 5.32. The molecule has 0 fully saturated rings. The molecule has 74 valence electrons. The molecule has 2 rings (SSSR count). The molecule has 0 aliphatic carbocycles. The third-order valence-electron chi connectivity index (χ3n) is 1.82. The van der Waals surface area contributed by atoms with Crippen molar-refractivity contribution < 1.29 is 4.52 Å². The second-order valence-electron chi connectivity index (χ2n) is 2.86. The van der Waals surface area contributed by atoms with E-state index in [9.17, 15) is 0 Å². The number of aromatic nitrogens is 4. The van der Waals surface area contributed by atoms with E-state index in [1.807, 2.05) is 47.2 Å². The van der Waals surface area contributed by atoms with Gasteiger partial charge in [0.2, 0.25) is 3.83 Å². The fourth-order valence-electron chi connectivity index (χ4n) is 1.27. The van der Waals surface area contributed by atoms with Gasteiger partial charge in [-0.2, -0.15) is 10.1 Å². The maximum atomic E-state index is 5.08. The van der Waals surface area contributed by atoms with Crippen molar-refractivity contribution in [2.24, 2.45) is 0 Å². The average Bonchev–Trinajstić information content (AvgIpc) is 2.71. The minimum absolute atomic E-state index is 0.525. The van der Waals surface area contributed by atoms with Crippen molar-refractivity contribution in [3.05, 3.63) is 15.6 Å². The van der Waals surface area contributed by atoms with Crippen molar-refractivity contribution >= 4 is 22.6 Å². The summed E-state index contributed by atoms with van der Waals surface area (Å²) in [6, 6.07) is 1.94. The van der Waals surface area contributed by atoms with Crippen LogP contribution in [0.3, 0.4) is 0 Å². The minimum atomic E-state index is 0.525. The Hall–Kier alpha value is -0.920. The predicted molar refractivity (Wildman–Crippen MR) is 58.6 cm³/mol. The van der Waals surface area contributed by atoms with E-state index < -0.39 is 0 Å². The number of halogens is 1. The molecule has 0 radical (unpaired) electrons. The molecule has 6 heteroatoms. The Morgan fingerprint density at radius 1 is 1.57 bits per heavy atom. The third-order valence-corrected chi connectivity index (χ3v) is 2.26. The van der Waals surface area contributed by atoms with Gasteiger partial charge in [-0.05, 0) is 19.9 Å². The van der Waals surface area contributed by atoms with Crippen LogP contribution in [0, 0.1) is 10.8 Å². The van der Waals surface area contributed by atoms with Crippen LogP contribution in [0.1, 0.15) is 12.6 Å². The van der Waals surface area contributed by atoms with Crippen LogP contribution >= 0.6 is 22.6 Å². The molecule has 14 heavy (non-hydrogen) atoms. The SMILES string of the molecule is CCn1nc(C)cc1-c1nc(I)no1. The molecule has 0 N–H and O–H groups in total. The summed E-state index contributed by atoms with van der Waals surface area (Å²) >= 11 is 2.01. The quantitative estimate of drug-likeness (QED) is 0.795. The van der Waals surface area contributed by atoms with Gasteiger partial charge in [-0.3, -0.25) is 4.68 Å². The summed E-state index contributed by atoms with van der Waals surface area (Å²) in [7, 11) is 0. The van der Waals surface area contributed by atoms with E-state index in [4.69, 9.17) is 4.52 Å². The van der Waals surface area contributed by atoms with Gasteiger partial charge >= 0.3 is 0 Å². The normalized spacial score (nSPS) is 10.8. The maximum absolute atomic E-state index is 5.08. The molecular formula is C8H9IN4O. The summed E-state index contributed by atoms with van der Waals surface area (Å²) in [5, 5.41) is 8.04. The van der Waals surface area contributed by atoms with Crippen molar-refractivity contribution in [1.82, 2.24) is 19.9 Å². The van der Waals surface area contributed by atoms with E-state index >= 15 is 0 Å². The molecule has 0 atom stereocenters. The van der Waals surface area contributed by atoms with Crippen LogP contribution < -0.4 is 0 Å². The van der Waals surface area contributed by atoms with Crippen LogP contribution in [-0.4, -0.2) is 19.9 Å². The van der Waals surface area contributed by atoms with Crippen LogP contribution in [0.2, 0.25) is 0 Å². The Bertz CT molecular complexity index is 448. The summed E-state index contributed by atoms with van der Waals surface area (Å²) < 4.78 is 7.53. The predicted octanol–water partition coefficient (Wildman–Crippen LogP) is 1.87. The highest BCUT2D eigenvalue weighted by Crippen LogP contribution is 2.18. The smallest absolute Gasteiger partial charge is 0.276 e. The number of hydrogen-bond donors (Lipinski definition) is 0. The molecule has 0 spiro atoms. The highest BCUT2D eigenvalue weighted by atomic mass is 127. The highest BCUT2D eigenvalue weighted by Gasteiger charge is 2.12. The molecule has 0 aliphatic rings. The van der Waals surface area contributed by atoms with Gasteiger partial charge in [0.25, 0.3) is 5.89 Å². The standard InChI is InChI=1S/C8H9IN4O/c1-3-13-6(4-5(2)11-13)7-10-8(9)12-14-7/h4H,3H2,1-2H3. The van der Waals surface area contributed by atoms with E-state index in [2.05, 4.69) is 15.2 Å². The van der Waals surface area contributed by atoms with Crippen LogP contribution in [0.25, 0.3) is 11.6 Å². The molecule has 2 aromatic rings. The molecule has 0 bridgehead atoms. The van der Waals surface area contributed by atoms with Gasteiger partial charge in [-0.1, -0.05) is 5.16 Å². The van der Waals surface area contributed by atoms with E-state index in [1.54, 1.807) is 0 Å². The fourth-order valence-corrected chi connectivity index (χ4v) is 1.59. The summed E-state index contributed by atoms with van der Waals surface area (Å²) in [5.41, 5.74) is 1.83. The second-order valence-corrected chi connectivity index (χ2v) is 3.82. The zero-order valence-corrected chi connectivity index (χ0v) is 10.0. The monoisotopic (exact) mass is 304 g/mol. The van der Waals surface area contributed by atoms with E-state index in [0.29, 0.717) is 9.72 Å². The largest absolute Gasteiger partial charge is 0.331 e. The molecule has 0 aromatic carbocycles. The number of rotatable bonds is 2. The fraction of sp³-hybridized carbons (Fsp3) is 0.375. The summed E-state index contributed by atoms with van der Waals surface area (Å²) in [6.45, 7) is 4.76. The zero-order chi connectivity index (χ0) is 10.1. The van der Waals surface area contributed by atoms with Crippen LogP contribution in [0.4, 0.5) is 0 Å². The Morgan fingerprint density at radius 2 is 2.36 bits per heavy atom. The van der Waals surface area contributed by atoms with Gasteiger partial charge in [-0.15, -0.1) is 0 Å². The second kappa shape index (κ2) is 3.68. The Morgan fingerprint density at radius 3 is 2.93 bits per heavy atom. The Balaban J connectivity index is 2.49. The average molecular weight is 304 g/mol. The van der Waals surface area contributed by atoms with Crippen LogP contribution in [0.5, 0.6) is 0 Å². The van der Waals surface area contributed by atoms with Crippen LogP contribution in [-0.2, 0) is 6.54 Å². The number of aryl methyl sites for hydroxylation is 2. The van der Waals surface area contributed by atoms with Crippen molar-refractivity contribution in [3.63, 3.8) is 0 Å². The lowest BCUT2D eigenvalue weighted by atomic mass is 10.3. The van der Waals surface area contributed by atoms with Gasteiger partial charge in [-0.25, -0.2) is 0 Å². The van der Waals surface area contributed by atoms with Crippen molar-refractivity contribution in [1.29, 1.82) is 0 Å². The molecule has 5 nitrogen and oxygen atoms in total. The third kappa shape index (κ3) is 1.66. The Kier molecular flexibility index (Phi) is 2.53. The molecule has 0 saturated heterocycles. The van der Waals surface area contributed by atoms with E-state index in [0.717, 1.165) is 17.9 Å². The first kappa shape index (κ1) is 9.63. The van der Waals surface area contributed by atoms with E-state index in [-0.39, 0.29) is 0 Å². The number of nitrogens with zero attached hydrogens (tertiary/aromatic N) is 4. The lowest BCUT2D eigenvalue weighted by Gasteiger charge is -1.97. The maximum Gasteiger partial charge on any atom is 0.276 e. The van der Waals surface area contributed by atoms with Gasteiger partial charge in [0.05, 0.1) is 5.69 Å². The summed E-state index contributed by atoms with van der Waals surface area (Å²) in [6.07, 6.45) is 0. The zero-order valence-electron chi connectivity index (χ0n) is 7.86. The molecule has 2 heterocycles. The van der Waals surface area contributed by atoms with Crippen molar-refractivity contribution in [3.8, 4) is 11.6 Å². The van der Waals surface area contributed by atoms with Gasteiger partial charge in [0, 0.05) is 29.1 Å². The Labute approximate surface area is 94.6 Å². The van der Waals surface area contributed by atoms with Crippen molar-refractivity contribution in [2.45, 2.75) is 20.4 Å². The van der Waals surface area contributed by atoms with Crippen molar-refractivity contribution in [2.75, 3.05) is 0 Å². The molecule has 2 aromatic heterocycles. The lowest BCUT2D eigenvalue weighted by Crippen LogP contribution is -1.99. The summed E-state index contributed by atoms with van der Waals surface area (Å²) in [5.74, 6) is 0.525. The lowest BCUT2D eigenvalue weighted by molar-refractivity contribution is 0.421. The molecule has 0 aliphatic heterocycles. The number of hydrogen-bond acceptors (Lipinski definition) is 4. The van der Waals surface area contributed by atoms with Crippen LogP contribution in [0.15, 0.2) is 10.6 Å². The first-order valence-electron chi connectivity index (χ1n) is 4.24. The first-order chi connectivity index (χ1) is 6.70. The summed E-state index contributed by atoms with van der Waals surface area (Å²) in [4.78, 5) is 4.15. The topological polar surface area (TPSA) is 56.7 Å².